The van der Waals surface area contributed by atoms with E-state index in [0.29, 0.717) is 19.0 Å². The minimum Gasteiger partial charge on any atom is -0.393 e. The third-order valence-corrected chi connectivity index (χ3v) is 5.34. The topological polar surface area (TPSA) is 74.2 Å². The van der Waals surface area contributed by atoms with Crippen LogP contribution in [0.15, 0.2) is 24.7 Å². The molecule has 2 heterocycles. The first-order valence-electron chi connectivity index (χ1n) is 9.51. The summed E-state index contributed by atoms with van der Waals surface area (Å²) in [6, 6.07) is 0.295. The summed E-state index contributed by atoms with van der Waals surface area (Å²) in [6.07, 6.45) is -6.34. The molecule has 0 radical (unpaired) electrons. The molecular weight excluding hydrogens is 428 g/mol. The van der Waals surface area contributed by atoms with Crippen LogP contribution in [0.2, 0.25) is 0 Å². The van der Waals surface area contributed by atoms with Gasteiger partial charge in [-0.2, -0.15) is 31.3 Å². The normalized spacial score (nSPS) is 22.3. The van der Waals surface area contributed by atoms with E-state index in [-0.39, 0.29) is 18.3 Å². The smallest absolute Gasteiger partial charge is 0.393 e. The summed E-state index contributed by atoms with van der Waals surface area (Å²) in [4.78, 5) is 12.1. The average molecular weight is 449 g/mol. The Labute approximate surface area is 174 Å². The molecule has 3 atom stereocenters. The van der Waals surface area contributed by atoms with Crippen LogP contribution in [0.5, 0.6) is 0 Å². The van der Waals surface area contributed by atoms with Crippen LogP contribution in [0.3, 0.4) is 0 Å². The predicted octanol–water partition coefficient (Wildman–Crippen LogP) is 4.64. The van der Waals surface area contributed by atoms with Crippen molar-refractivity contribution in [3.05, 3.63) is 35.8 Å². The van der Waals surface area contributed by atoms with Crippen molar-refractivity contribution in [2.24, 2.45) is 5.92 Å². The zero-order chi connectivity index (χ0) is 23.0. The van der Waals surface area contributed by atoms with Gasteiger partial charge in [-0.25, -0.2) is 4.98 Å². The summed E-state index contributed by atoms with van der Waals surface area (Å²) in [5.41, 5.74) is -2.56. The van der Waals surface area contributed by atoms with E-state index in [0.717, 1.165) is 23.4 Å². The van der Waals surface area contributed by atoms with Gasteiger partial charge in [0.05, 0.1) is 23.6 Å². The van der Waals surface area contributed by atoms with Crippen LogP contribution in [0.1, 0.15) is 37.3 Å². The molecule has 1 aliphatic carbocycles. The molecular formula is C19H21F6N5O. The molecule has 170 valence electrons. The molecule has 0 aliphatic heterocycles. The van der Waals surface area contributed by atoms with Gasteiger partial charge < -0.3 is 15.3 Å². The second-order valence-corrected chi connectivity index (χ2v) is 7.58. The first kappa shape index (κ1) is 23.0. The van der Waals surface area contributed by atoms with Crippen LogP contribution in [0.25, 0.3) is 0 Å². The number of hydrogen-bond donors (Lipinski definition) is 2. The number of pyridine rings is 1. The predicted molar refractivity (Wildman–Crippen MR) is 101 cm³/mol. The molecule has 31 heavy (non-hydrogen) atoms. The first-order valence-corrected chi connectivity index (χ1v) is 9.51. The van der Waals surface area contributed by atoms with Gasteiger partial charge in [0.15, 0.2) is 0 Å². The number of aliphatic hydroxyl groups is 1. The van der Waals surface area contributed by atoms with Gasteiger partial charge in [-0.1, -0.05) is 6.92 Å². The number of anilines is 3. The molecule has 0 spiro atoms. The van der Waals surface area contributed by atoms with E-state index in [1.807, 2.05) is 6.92 Å². The summed E-state index contributed by atoms with van der Waals surface area (Å²) in [7, 11) is 1.21. The SMILES string of the molecule is C[C@@H]1CC[C@H](Nc2nc(N(C)c3cnccc3C(F)(F)F)ncc2C(F)(F)F)C[C@H]1O. The van der Waals surface area contributed by atoms with Crippen molar-refractivity contribution >= 4 is 17.5 Å². The lowest BCUT2D eigenvalue weighted by molar-refractivity contribution is -0.138. The van der Waals surface area contributed by atoms with Crippen LogP contribution in [-0.2, 0) is 12.4 Å². The Bertz CT molecular complexity index is 919. The van der Waals surface area contributed by atoms with Gasteiger partial charge in [0.25, 0.3) is 0 Å². The number of nitrogens with zero attached hydrogens (tertiary/aromatic N) is 4. The molecule has 1 fully saturated rings. The van der Waals surface area contributed by atoms with Crippen molar-refractivity contribution in [1.29, 1.82) is 0 Å². The molecule has 1 saturated carbocycles. The number of alkyl halides is 6. The van der Waals surface area contributed by atoms with Crippen molar-refractivity contribution in [1.82, 2.24) is 15.0 Å². The highest BCUT2D eigenvalue weighted by Crippen LogP contribution is 2.39. The molecule has 6 nitrogen and oxygen atoms in total. The van der Waals surface area contributed by atoms with Crippen molar-refractivity contribution in [3.8, 4) is 0 Å². The Morgan fingerprint density at radius 2 is 1.74 bits per heavy atom. The molecule has 0 saturated heterocycles. The number of rotatable bonds is 4. The largest absolute Gasteiger partial charge is 0.421 e. The third-order valence-electron chi connectivity index (χ3n) is 5.34. The highest BCUT2D eigenvalue weighted by molar-refractivity contribution is 5.62. The summed E-state index contributed by atoms with van der Waals surface area (Å²) >= 11 is 0. The molecule has 2 aromatic rings. The van der Waals surface area contributed by atoms with Gasteiger partial charge in [-0.05, 0) is 31.2 Å². The van der Waals surface area contributed by atoms with E-state index in [4.69, 9.17) is 0 Å². The van der Waals surface area contributed by atoms with E-state index < -0.39 is 47.1 Å². The van der Waals surface area contributed by atoms with Crippen molar-refractivity contribution < 1.29 is 31.4 Å². The van der Waals surface area contributed by atoms with Gasteiger partial charge in [0.2, 0.25) is 5.95 Å². The van der Waals surface area contributed by atoms with Crippen LogP contribution in [0.4, 0.5) is 43.8 Å². The molecule has 2 aromatic heterocycles. The summed E-state index contributed by atoms with van der Waals surface area (Å²) in [6.45, 7) is 1.85. The highest BCUT2D eigenvalue weighted by atomic mass is 19.4. The van der Waals surface area contributed by atoms with Gasteiger partial charge in [-0.3, -0.25) is 4.98 Å². The fraction of sp³-hybridized carbons (Fsp3) is 0.526. The van der Waals surface area contributed by atoms with Crippen LogP contribution in [0, 0.1) is 5.92 Å². The number of aromatic nitrogens is 3. The van der Waals surface area contributed by atoms with Gasteiger partial charge in [-0.15, -0.1) is 0 Å². The molecule has 0 aromatic carbocycles. The molecule has 3 rings (SSSR count). The lowest BCUT2D eigenvalue weighted by atomic mass is 9.85. The zero-order valence-electron chi connectivity index (χ0n) is 16.7. The standard InChI is InChI=1S/C19H21F6N5O/c1-10-3-4-11(7-15(10)31)28-16-13(19(23,24)25)8-27-17(29-16)30(2)14-9-26-6-5-12(14)18(20,21)22/h5-6,8-11,15,31H,3-4,7H2,1-2H3,(H,27,28,29)/t10-,11+,15-/m1/s1. The van der Waals surface area contributed by atoms with Crippen LogP contribution in [-0.4, -0.2) is 39.3 Å². The molecule has 1 aliphatic rings. The Morgan fingerprint density at radius 3 is 2.35 bits per heavy atom. The summed E-state index contributed by atoms with van der Waals surface area (Å²) < 4.78 is 80.4. The molecule has 0 unspecified atom stereocenters. The third kappa shape index (κ3) is 5.17. The fourth-order valence-corrected chi connectivity index (χ4v) is 3.48. The lowest BCUT2D eigenvalue weighted by Gasteiger charge is -2.32. The maximum absolute atomic E-state index is 13.5. The van der Waals surface area contributed by atoms with E-state index >= 15 is 0 Å². The highest BCUT2D eigenvalue weighted by Gasteiger charge is 2.38. The Balaban J connectivity index is 1.97. The maximum Gasteiger partial charge on any atom is 0.421 e. The number of nitrogens with one attached hydrogen (secondary N) is 1. The first-order chi connectivity index (χ1) is 14.4. The number of halogens is 6. The molecule has 12 heteroatoms. The van der Waals surface area contributed by atoms with Crippen LogP contribution < -0.4 is 10.2 Å². The average Bonchev–Trinajstić information content (AvgIpc) is 2.68. The summed E-state index contributed by atoms with van der Waals surface area (Å²) in [5.74, 6) is -0.883. The van der Waals surface area contributed by atoms with E-state index in [2.05, 4.69) is 20.3 Å². The fourth-order valence-electron chi connectivity index (χ4n) is 3.48. The quantitative estimate of drug-likeness (QED) is 0.663. The Hall–Kier alpha value is -2.63. The number of aliphatic hydroxyl groups excluding tert-OH is 1. The maximum atomic E-state index is 13.5. The van der Waals surface area contributed by atoms with E-state index in [9.17, 15) is 31.4 Å². The van der Waals surface area contributed by atoms with Gasteiger partial charge >= 0.3 is 12.4 Å². The molecule has 2 N–H and O–H groups in total. The second-order valence-electron chi connectivity index (χ2n) is 7.58. The zero-order valence-corrected chi connectivity index (χ0v) is 16.7. The monoisotopic (exact) mass is 449 g/mol. The molecule has 0 bridgehead atoms. The lowest BCUT2D eigenvalue weighted by Crippen LogP contribution is -2.35. The second kappa shape index (κ2) is 8.48. The van der Waals surface area contributed by atoms with E-state index in [1.54, 1.807) is 0 Å². The van der Waals surface area contributed by atoms with Crippen molar-refractivity contribution in [2.75, 3.05) is 17.3 Å². The Kier molecular flexibility index (Phi) is 6.30. The number of hydrogen-bond acceptors (Lipinski definition) is 6. The van der Waals surface area contributed by atoms with Crippen molar-refractivity contribution in [2.45, 2.75) is 50.7 Å². The molecule has 0 amide bonds. The van der Waals surface area contributed by atoms with Crippen LogP contribution >= 0.6 is 0 Å². The van der Waals surface area contributed by atoms with Gasteiger partial charge in [0, 0.05) is 25.5 Å². The minimum absolute atomic E-state index is 0.0265. The van der Waals surface area contributed by atoms with Gasteiger partial charge in [0.1, 0.15) is 11.4 Å². The summed E-state index contributed by atoms with van der Waals surface area (Å²) in [5, 5.41) is 12.7. The Morgan fingerprint density at radius 1 is 1.06 bits per heavy atom. The minimum atomic E-state index is -4.77. The van der Waals surface area contributed by atoms with Crippen molar-refractivity contribution in [3.63, 3.8) is 0 Å². The van der Waals surface area contributed by atoms with E-state index in [1.165, 1.54) is 7.05 Å².